The number of nitrogens with two attached hydrogens (primary N) is 1. The minimum Gasteiger partial charge on any atom is -0.330 e. The van der Waals surface area contributed by atoms with E-state index in [-0.39, 0.29) is 11.3 Å². The minimum atomic E-state index is 0.0274. The van der Waals surface area contributed by atoms with Crippen LogP contribution >= 0.6 is 11.3 Å². The molecule has 1 heterocycles. The summed E-state index contributed by atoms with van der Waals surface area (Å²) in [6.07, 6.45) is 8.05. The number of nitrogens with one attached hydrogen (secondary N) is 1. The molecular weight excluding hydrogens is 234 g/mol. The number of hydrogen-bond donors (Lipinski definition) is 2. The molecule has 1 aromatic rings. The number of hydrogen-bond acceptors (Lipinski definition) is 4. The fraction of sp³-hybridized carbons (Fsp3) is 0.667. The van der Waals surface area contributed by atoms with E-state index in [4.69, 9.17) is 5.73 Å². The Kier molecular flexibility index (Phi) is 4.12. The highest BCUT2D eigenvalue weighted by Crippen LogP contribution is 2.38. The first kappa shape index (κ1) is 12.5. The largest absolute Gasteiger partial charge is 0.330 e. The molecule has 94 valence electrons. The molecule has 2 rings (SSSR count). The second-order valence-electron chi connectivity index (χ2n) is 4.83. The van der Waals surface area contributed by atoms with E-state index in [1.165, 1.54) is 30.6 Å². The van der Waals surface area contributed by atoms with Crippen LogP contribution in [0.25, 0.3) is 0 Å². The van der Waals surface area contributed by atoms with Gasteiger partial charge in [0.2, 0.25) is 5.91 Å². The Hall–Kier alpha value is -0.940. The Labute approximate surface area is 106 Å². The van der Waals surface area contributed by atoms with Crippen molar-refractivity contribution in [2.45, 2.75) is 38.5 Å². The lowest BCUT2D eigenvalue weighted by Crippen LogP contribution is -2.36. The first-order valence-electron chi connectivity index (χ1n) is 6.14. The van der Waals surface area contributed by atoms with Crippen molar-refractivity contribution >= 4 is 22.4 Å². The van der Waals surface area contributed by atoms with Crippen LogP contribution in [0, 0.1) is 5.41 Å². The van der Waals surface area contributed by atoms with Gasteiger partial charge in [-0.3, -0.25) is 4.79 Å². The zero-order valence-electron chi connectivity index (χ0n) is 9.95. The summed E-state index contributed by atoms with van der Waals surface area (Å²) in [7, 11) is 0. The molecule has 1 amide bonds. The lowest BCUT2D eigenvalue weighted by atomic mass is 9.72. The van der Waals surface area contributed by atoms with Crippen molar-refractivity contribution in [1.29, 1.82) is 0 Å². The molecule has 0 aromatic carbocycles. The van der Waals surface area contributed by atoms with Crippen molar-refractivity contribution in [1.82, 2.24) is 4.98 Å². The van der Waals surface area contributed by atoms with Crippen LogP contribution in [0.4, 0.5) is 5.13 Å². The Morgan fingerprint density at radius 3 is 2.82 bits per heavy atom. The molecule has 0 spiro atoms. The molecule has 0 unspecified atom stereocenters. The summed E-state index contributed by atoms with van der Waals surface area (Å²) < 4.78 is 0. The van der Waals surface area contributed by atoms with Crippen molar-refractivity contribution in [3.63, 3.8) is 0 Å². The van der Waals surface area contributed by atoms with Gasteiger partial charge in [0.15, 0.2) is 5.13 Å². The minimum absolute atomic E-state index is 0.0274. The van der Waals surface area contributed by atoms with Crippen LogP contribution in [0.3, 0.4) is 0 Å². The predicted molar refractivity (Wildman–Crippen MR) is 69.9 cm³/mol. The lowest BCUT2D eigenvalue weighted by molar-refractivity contribution is -0.118. The molecule has 5 heteroatoms. The standard InChI is InChI=1S/C12H19N3OS/c13-9-12(4-2-1-3-5-12)8-10(16)15-11-14-6-7-17-11/h6-7H,1-5,8-9,13H2,(H,14,15,16). The summed E-state index contributed by atoms with van der Waals surface area (Å²) >= 11 is 1.45. The topological polar surface area (TPSA) is 68.0 Å². The molecule has 1 aliphatic rings. The molecule has 1 aromatic heterocycles. The van der Waals surface area contributed by atoms with Crippen molar-refractivity contribution in [3.05, 3.63) is 11.6 Å². The molecule has 3 N–H and O–H groups in total. The smallest absolute Gasteiger partial charge is 0.226 e. The SMILES string of the molecule is NCC1(CC(=O)Nc2nccs2)CCCCC1. The third-order valence-corrected chi connectivity index (χ3v) is 4.25. The quantitative estimate of drug-likeness (QED) is 0.865. The highest BCUT2D eigenvalue weighted by atomic mass is 32.1. The number of anilines is 1. The van der Waals surface area contributed by atoms with E-state index in [2.05, 4.69) is 10.3 Å². The molecule has 4 nitrogen and oxygen atoms in total. The first-order chi connectivity index (χ1) is 8.24. The van der Waals surface area contributed by atoms with Crippen LogP contribution in [-0.4, -0.2) is 17.4 Å². The maximum atomic E-state index is 11.9. The number of amides is 1. The van der Waals surface area contributed by atoms with E-state index in [1.807, 2.05) is 5.38 Å². The van der Waals surface area contributed by atoms with Gasteiger partial charge in [-0.1, -0.05) is 19.3 Å². The van der Waals surface area contributed by atoms with E-state index >= 15 is 0 Å². The van der Waals surface area contributed by atoms with Crippen molar-refractivity contribution < 1.29 is 4.79 Å². The van der Waals surface area contributed by atoms with Gasteiger partial charge in [0.05, 0.1) is 0 Å². The molecule has 0 atom stereocenters. The maximum Gasteiger partial charge on any atom is 0.226 e. The normalized spacial score (nSPS) is 18.9. The summed E-state index contributed by atoms with van der Waals surface area (Å²) in [5, 5.41) is 5.38. The molecule has 0 saturated heterocycles. The molecular formula is C12H19N3OS. The second kappa shape index (κ2) is 5.60. The van der Waals surface area contributed by atoms with Crippen LogP contribution in [0.15, 0.2) is 11.6 Å². The van der Waals surface area contributed by atoms with Crippen LogP contribution < -0.4 is 11.1 Å². The molecule has 1 saturated carbocycles. The Bertz CT molecular complexity index is 358. The predicted octanol–water partition coefficient (Wildman–Crippen LogP) is 2.38. The average Bonchev–Trinajstić information content (AvgIpc) is 2.83. The monoisotopic (exact) mass is 253 g/mol. The fourth-order valence-electron chi connectivity index (χ4n) is 2.54. The van der Waals surface area contributed by atoms with Crippen LogP contribution in [0.1, 0.15) is 38.5 Å². The summed E-state index contributed by atoms with van der Waals surface area (Å²) in [4.78, 5) is 16.0. The summed E-state index contributed by atoms with van der Waals surface area (Å²) in [6, 6.07) is 0. The zero-order valence-corrected chi connectivity index (χ0v) is 10.8. The van der Waals surface area contributed by atoms with Gasteiger partial charge in [-0.05, 0) is 24.8 Å². The highest BCUT2D eigenvalue weighted by molar-refractivity contribution is 7.13. The summed E-state index contributed by atoms with van der Waals surface area (Å²) in [6.45, 7) is 0.609. The van der Waals surface area contributed by atoms with Crippen LogP contribution in [0.2, 0.25) is 0 Å². The number of thiazole rings is 1. The van der Waals surface area contributed by atoms with Crippen LogP contribution in [-0.2, 0) is 4.79 Å². The Morgan fingerprint density at radius 1 is 1.47 bits per heavy atom. The van der Waals surface area contributed by atoms with E-state index in [0.717, 1.165) is 12.8 Å². The molecule has 0 radical (unpaired) electrons. The van der Waals surface area contributed by atoms with E-state index < -0.39 is 0 Å². The van der Waals surface area contributed by atoms with Gasteiger partial charge >= 0.3 is 0 Å². The van der Waals surface area contributed by atoms with Crippen molar-refractivity contribution in [3.8, 4) is 0 Å². The number of carbonyl (C=O) groups excluding carboxylic acids is 1. The number of carbonyl (C=O) groups is 1. The van der Waals surface area contributed by atoms with Crippen molar-refractivity contribution in [2.24, 2.45) is 11.1 Å². The second-order valence-corrected chi connectivity index (χ2v) is 5.72. The first-order valence-corrected chi connectivity index (χ1v) is 7.01. The number of aromatic nitrogens is 1. The molecule has 1 aliphatic carbocycles. The Balaban J connectivity index is 1.91. The molecule has 0 aliphatic heterocycles. The van der Waals surface area contributed by atoms with Gasteiger partial charge in [0.1, 0.15) is 0 Å². The van der Waals surface area contributed by atoms with Crippen LogP contribution in [0.5, 0.6) is 0 Å². The van der Waals surface area contributed by atoms with Crippen molar-refractivity contribution in [2.75, 3.05) is 11.9 Å². The van der Waals surface area contributed by atoms with E-state index in [0.29, 0.717) is 18.1 Å². The van der Waals surface area contributed by atoms with Gasteiger partial charge in [0.25, 0.3) is 0 Å². The highest BCUT2D eigenvalue weighted by Gasteiger charge is 2.33. The Morgan fingerprint density at radius 2 is 2.24 bits per heavy atom. The number of rotatable bonds is 4. The summed E-state index contributed by atoms with van der Waals surface area (Å²) in [5.41, 5.74) is 5.89. The fourth-order valence-corrected chi connectivity index (χ4v) is 3.09. The van der Waals surface area contributed by atoms with Gasteiger partial charge in [0, 0.05) is 18.0 Å². The van der Waals surface area contributed by atoms with E-state index in [1.54, 1.807) is 6.20 Å². The lowest BCUT2D eigenvalue weighted by Gasteiger charge is -2.35. The van der Waals surface area contributed by atoms with Gasteiger partial charge in [-0.2, -0.15) is 0 Å². The third kappa shape index (κ3) is 3.26. The molecule has 1 fully saturated rings. The number of nitrogens with zero attached hydrogens (tertiary/aromatic N) is 1. The van der Waals surface area contributed by atoms with E-state index in [9.17, 15) is 4.79 Å². The van der Waals surface area contributed by atoms with Gasteiger partial charge in [-0.15, -0.1) is 11.3 Å². The van der Waals surface area contributed by atoms with Gasteiger partial charge < -0.3 is 11.1 Å². The average molecular weight is 253 g/mol. The third-order valence-electron chi connectivity index (χ3n) is 3.56. The molecule has 0 bridgehead atoms. The maximum absolute atomic E-state index is 11.9. The summed E-state index contributed by atoms with van der Waals surface area (Å²) in [5.74, 6) is 0.0484. The molecule has 17 heavy (non-hydrogen) atoms. The van der Waals surface area contributed by atoms with Gasteiger partial charge in [-0.25, -0.2) is 4.98 Å². The zero-order chi connectivity index (χ0) is 12.1.